The molecule has 0 saturated heterocycles. The molecule has 2 aromatic carbocycles. The highest BCUT2D eigenvalue weighted by atomic mass is 32.2. The topological polar surface area (TPSA) is 126 Å². The Morgan fingerprint density at radius 3 is 2.39 bits per heavy atom. The first kappa shape index (κ1) is 27.5. The molecule has 0 saturated carbocycles. The molecule has 0 amide bonds. The number of hydrogen-bond donors (Lipinski definition) is 1. The van der Waals surface area contributed by atoms with Gasteiger partial charge in [0.1, 0.15) is 11.4 Å². The Bertz CT molecular complexity index is 1500. The lowest BCUT2D eigenvalue weighted by molar-refractivity contribution is 0.0520. The van der Waals surface area contributed by atoms with Gasteiger partial charge in [-0.2, -0.15) is 5.10 Å². The van der Waals surface area contributed by atoms with Gasteiger partial charge in [-0.25, -0.2) is 28.0 Å². The summed E-state index contributed by atoms with van der Waals surface area (Å²) in [7, 11) is -3.83. The van der Waals surface area contributed by atoms with E-state index in [4.69, 9.17) is 19.7 Å². The highest BCUT2D eigenvalue weighted by Gasteiger charge is 2.29. The molecule has 200 valence electrons. The lowest BCUT2D eigenvalue weighted by Crippen LogP contribution is -2.11. The first-order valence-electron chi connectivity index (χ1n) is 12.4. The Morgan fingerprint density at radius 1 is 1.08 bits per heavy atom. The fourth-order valence-corrected chi connectivity index (χ4v) is 5.44. The van der Waals surface area contributed by atoms with E-state index >= 15 is 0 Å². The molecule has 0 aliphatic rings. The molecule has 38 heavy (non-hydrogen) atoms. The van der Waals surface area contributed by atoms with Crippen LogP contribution in [-0.4, -0.2) is 35.8 Å². The van der Waals surface area contributed by atoms with Gasteiger partial charge in [-0.1, -0.05) is 50.6 Å². The molecule has 0 aliphatic carbocycles. The van der Waals surface area contributed by atoms with Crippen LogP contribution in [0, 0.1) is 0 Å². The number of carbonyl (C=O) groups is 1. The number of carbonyl (C=O) groups excluding carboxylic acids is 1. The van der Waals surface area contributed by atoms with E-state index in [1.165, 1.54) is 23.5 Å². The minimum Gasteiger partial charge on any atom is -0.461 e. The smallest absolute Gasteiger partial charge is 0.357 e. The van der Waals surface area contributed by atoms with E-state index in [9.17, 15) is 13.2 Å². The van der Waals surface area contributed by atoms with E-state index in [0.717, 1.165) is 30.5 Å². The average molecular weight is 555 g/mol. The maximum Gasteiger partial charge on any atom is 0.357 e. The minimum atomic E-state index is -3.83. The van der Waals surface area contributed by atoms with Crippen LogP contribution >= 0.6 is 11.3 Å². The number of rotatable bonds is 11. The van der Waals surface area contributed by atoms with Crippen molar-refractivity contribution < 1.29 is 22.7 Å². The number of thiazole rings is 1. The average Bonchev–Trinajstić information content (AvgIpc) is 3.53. The van der Waals surface area contributed by atoms with Crippen LogP contribution in [-0.2, 0) is 14.8 Å². The van der Waals surface area contributed by atoms with Crippen LogP contribution in [0.1, 0.15) is 62.1 Å². The molecular formula is C27H30N4O5S2. The maximum absolute atomic E-state index is 12.3. The second-order valence-corrected chi connectivity index (χ2v) is 11.0. The van der Waals surface area contributed by atoms with Crippen molar-refractivity contribution >= 4 is 27.3 Å². The van der Waals surface area contributed by atoms with Crippen molar-refractivity contribution in [3.05, 3.63) is 71.4 Å². The monoisotopic (exact) mass is 554 g/mol. The van der Waals surface area contributed by atoms with Crippen LogP contribution in [0.3, 0.4) is 0 Å². The van der Waals surface area contributed by atoms with Crippen LogP contribution in [0.5, 0.6) is 11.5 Å². The molecule has 0 radical (unpaired) electrons. The zero-order valence-electron chi connectivity index (χ0n) is 21.5. The van der Waals surface area contributed by atoms with Gasteiger partial charge in [0.25, 0.3) is 0 Å². The van der Waals surface area contributed by atoms with E-state index in [-0.39, 0.29) is 23.1 Å². The molecule has 0 spiro atoms. The molecule has 2 aromatic heterocycles. The Labute approximate surface area is 226 Å². The normalized spacial score (nSPS) is 12.3. The van der Waals surface area contributed by atoms with Crippen molar-refractivity contribution in [1.29, 1.82) is 0 Å². The van der Waals surface area contributed by atoms with Crippen LogP contribution in [0.2, 0.25) is 0 Å². The van der Waals surface area contributed by atoms with E-state index in [1.54, 1.807) is 29.1 Å². The second-order valence-electron chi connectivity index (χ2n) is 8.59. The van der Waals surface area contributed by atoms with Crippen molar-refractivity contribution in [2.75, 3.05) is 6.61 Å². The molecule has 0 aliphatic heterocycles. The van der Waals surface area contributed by atoms with Crippen molar-refractivity contribution in [2.45, 2.75) is 50.8 Å². The molecule has 11 heteroatoms. The van der Waals surface area contributed by atoms with Gasteiger partial charge in [0.15, 0.2) is 11.4 Å². The number of hydrogen-bond acceptors (Lipinski definition) is 8. The van der Waals surface area contributed by atoms with Crippen molar-refractivity contribution in [3.8, 4) is 27.9 Å². The summed E-state index contributed by atoms with van der Waals surface area (Å²) in [5.41, 5.74) is 2.50. The summed E-state index contributed by atoms with van der Waals surface area (Å²) in [4.78, 5) is 16.9. The Morgan fingerprint density at radius 2 is 1.79 bits per heavy atom. The predicted octanol–water partition coefficient (Wildman–Crippen LogP) is 5.91. The molecule has 2 N–H and O–H groups in total. The molecule has 1 unspecified atom stereocenters. The Balaban J connectivity index is 1.91. The highest BCUT2D eigenvalue weighted by molar-refractivity contribution is 7.89. The lowest BCUT2D eigenvalue weighted by Gasteiger charge is -2.18. The number of ether oxygens (including phenoxy) is 2. The Hall–Kier alpha value is -3.54. The number of primary sulfonamides is 1. The van der Waals surface area contributed by atoms with Gasteiger partial charge < -0.3 is 9.47 Å². The van der Waals surface area contributed by atoms with Gasteiger partial charge >= 0.3 is 5.97 Å². The lowest BCUT2D eigenvalue weighted by atomic mass is 9.95. The zero-order chi connectivity index (χ0) is 27.3. The second kappa shape index (κ2) is 11.9. The third kappa shape index (κ3) is 5.95. The maximum atomic E-state index is 12.3. The Kier molecular flexibility index (Phi) is 8.60. The molecule has 0 bridgehead atoms. The molecule has 4 rings (SSSR count). The van der Waals surface area contributed by atoms with Gasteiger partial charge in [-0.05, 0) is 44.0 Å². The summed E-state index contributed by atoms with van der Waals surface area (Å²) in [6.45, 7) is 6.23. The molecular weight excluding hydrogens is 524 g/mol. The number of aromatic nitrogens is 3. The molecule has 2 heterocycles. The quantitative estimate of drug-likeness (QED) is 0.229. The number of esters is 1. The van der Waals surface area contributed by atoms with Gasteiger partial charge in [0.05, 0.1) is 17.2 Å². The number of benzene rings is 2. The summed E-state index contributed by atoms with van der Waals surface area (Å²) in [6, 6.07) is 15.6. The van der Waals surface area contributed by atoms with E-state index < -0.39 is 16.0 Å². The molecule has 9 nitrogen and oxygen atoms in total. The van der Waals surface area contributed by atoms with E-state index in [1.807, 2.05) is 30.3 Å². The van der Waals surface area contributed by atoms with Gasteiger partial charge in [-0.3, -0.25) is 0 Å². The van der Waals surface area contributed by atoms with Crippen LogP contribution in [0.15, 0.2) is 64.9 Å². The third-order valence-corrected chi connectivity index (χ3v) is 7.72. The SMILES string of the molecule is CCCC(CC)c1c(Oc2ccc(S(N)(=O)=O)cc2)c(-c2ccccc2)nn1-c1nc(C(=O)OCC)cs1. The largest absolute Gasteiger partial charge is 0.461 e. The minimum absolute atomic E-state index is 0.00394. The summed E-state index contributed by atoms with van der Waals surface area (Å²) in [5, 5.41) is 12.4. The number of nitrogens with two attached hydrogens (primary N) is 1. The van der Waals surface area contributed by atoms with Crippen LogP contribution in [0.25, 0.3) is 16.4 Å². The number of nitrogens with zero attached hydrogens (tertiary/aromatic N) is 3. The summed E-state index contributed by atoms with van der Waals surface area (Å²) in [5.74, 6) is 0.582. The fraction of sp³-hybridized carbons (Fsp3) is 0.296. The van der Waals surface area contributed by atoms with Gasteiger partial charge in [-0.15, -0.1) is 11.3 Å². The van der Waals surface area contributed by atoms with E-state index in [2.05, 4.69) is 18.8 Å². The molecule has 0 fully saturated rings. The van der Waals surface area contributed by atoms with E-state index in [0.29, 0.717) is 22.3 Å². The summed E-state index contributed by atoms with van der Waals surface area (Å²) >= 11 is 1.30. The molecule has 4 aromatic rings. The molecule has 1 atom stereocenters. The van der Waals surface area contributed by atoms with Crippen LogP contribution in [0.4, 0.5) is 0 Å². The van der Waals surface area contributed by atoms with Crippen LogP contribution < -0.4 is 9.88 Å². The third-order valence-electron chi connectivity index (χ3n) is 5.97. The first-order chi connectivity index (χ1) is 18.3. The van der Waals surface area contributed by atoms with Crippen molar-refractivity contribution in [1.82, 2.24) is 14.8 Å². The van der Waals surface area contributed by atoms with Gasteiger partial charge in [0, 0.05) is 16.9 Å². The zero-order valence-corrected chi connectivity index (χ0v) is 23.1. The first-order valence-corrected chi connectivity index (χ1v) is 14.8. The fourth-order valence-electron chi connectivity index (χ4n) is 4.16. The number of sulfonamides is 1. The summed E-state index contributed by atoms with van der Waals surface area (Å²) < 4.78 is 36.8. The standard InChI is InChI=1S/C27H30N4O5S2/c1-4-10-18(5-2)24-25(36-20-13-15-21(16-14-20)38(28,33)34)23(19-11-8-7-9-12-19)30-31(24)27-29-22(17-37-27)26(32)35-6-3/h7-9,11-18H,4-6,10H2,1-3H3,(H2,28,33,34). The van der Waals surface area contributed by atoms with Gasteiger partial charge in [0.2, 0.25) is 15.2 Å². The predicted molar refractivity (Wildman–Crippen MR) is 146 cm³/mol. The van der Waals surface area contributed by atoms with Crippen molar-refractivity contribution in [2.24, 2.45) is 5.14 Å². The highest BCUT2D eigenvalue weighted by Crippen LogP contribution is 2.43. The van der Waals surface area contributed by atoms with Crippen molar-refractivity contribution in [3.63, 3.8) is 0 Å². The summed E-state index contributed by atoms with van der Waals surface area (Å²) in [6.07, 6.45) is 2.65.